The SMILES string of the molecule is C[C@@H]1NC(=O)C[C@H]2C[C@@H]1C2(C)C. The third-order valence-corrected chi connectivity index (χ3v) is 3.97. The molecule has 1 saturated carbocycles. The second kappa shape index (κ2) is 2.24. The molecule has 68 valence electrons. The van der Waals surface area contributed by atoms with Crippen LogP contribution in [0.4, 0.5) is 0 Å². The summed E-state index contributed by atoms with van der Waals surface area (Å²) >= 11 is 0. The molecule has 2 heteroatoms. The van der Waals surface area contributed by atoms with Crippen LogP contribution in [0.1, 0.15) is 33.6 Å². The molecule has 2 aliphatic heterocycles. The van der Waals surface area contributed by atoms with Crippen molar-refractivity contribution in [2.24, 2.45) is 17.3 Å². The minimum absolute atomic E-state index is 0.251. The lowest BCUT2D eigenvalue weighted by atomic mass is 9.53. The van der Waals surface area contributed by atoms with Crippen LogP contribution in [-0.4, -0.2) is 11.9 Å². The molecule has 1 amide bonds. The number of rotatable bonds is 0. The summed E-state index contributed by atoms with van der Waals surface area (Å²) in [5.74, 6) is 1.59. The van der Waals surface area contributed by atoms with Crippen molar-refractivity contribution in [1.82, 2.24) is 5.32 Å². The molecule has 0 aromatic carbocycles. The Labute approximate surface area is 73.7 Å². The van der Waals surface area contributed by atoms with Gasteiger partial charge in [0.15, 0.2) is 0 Å². The van der Waals surface area contributed by atoms with Gasteiger partial charge in [0.1, 0.15) is 0 Å². The molecule has 12 heavy (non-hydrogen) atoms. The quantitative estimate of drug-likeness (QED) is 0.583. The molecule has 0 unspecified atom stereocenters. The van der Waals surface area contributed by atoms with Crippen molar-refractivity contribution in [3.8, 4) is 0 Å². The number of carbonyl (C=O) groups is 1. The van der Waals surface area contributed by atoms with Crippen LogP contribution in [0.2, 0.25) is 0 Å². The van der Waals surface area contributed by atoms with Crippen LogP contribution in [0, 0.1) is 17.3 Å². The molecular weight excluding hydrogens is 150 g/mol. The van der Waals surface area contributed by atoms with Gasteiger partial charge in [-0.1, -0.05) is 13.8 Å². The summed E-state index contributed by atoms with van der Waals surface area (Å²) in [6.07, 6.45) is 1.99. The lowest BCUT2D eigenvalue weighted by molar-refractivity contribution is -0.122. The maximum atomic E-state index is 11.3. The van der Waals surface area contributed by atoms with Gasteiger partial charge in [-0.2, -0.15) is 0 Å². The van der Waals surface area contributed by atoms with Crippen molar-refractivity contribution in [3.63, 3.8) is 0 Å². The second-order valence-corrected chi connectivity index (χ2v) is 4.92. The Morgan fingerprint density at radius 2 is 2.17 bits per heavy atom. The second-order valence-electron chi connectivity index (χ2n) is 4.92. The molecule has 2 bridgehead atoms. The molecular formula is C10H17NO. The average molecular weight is 167 g/mol. The first-order chi connectivity index (χ1) is 5.51. The highest BCUT2D eigenvalue weighted by Gasteiger charge is 2.52. The van der Waals surface area contributed by atoms with Gasteiger partial charge in [-0.05, 0) is 30.6 Å². The summed E-state index contributed by atoms with van der Waals surface area (Å²) in [4.78, 5) is 11.3. The third kappa shape index (κ3) is 0.900. The fourth-order valence-electron chi connectivity index (χ4n) is 2.89. The summed E-state index contributed by atoms with van der Waals surface area (Å²) in [6.45, 7) is 6.72. The van der Waals surface area contributed by atoms with Gasteiger partial charge in [-0.15, -0.1) is 0 Å². The van der Waals surface area contributed by atoms with E-state index in [4.69, 9.17) is 0 Å². The Kier molecular flexibility index (Phi) is 1.51. The number of nitrogens with one attached hydrogen (secondary N) is 1. The van der Waals surface area contributed by atoms with Crippen molar-refractivity contribution in [2.75, 3.05) is 0 Å². The summed E-state index contributed by atoms with van der Waals surface area (Å²) in [6, 6.07) is 0.381. The van der Waals surface area contributed by atoms with E-state index < -0.39 is 0 Å². The lowest BCUT2D eigenvalue weighted by Crippen LogP contribution is -2.49. The summed E-state index contributed by atoms with van der Waals surface area (Å²) in [5, 5.41) is 3.05. The Hall–Kier alpha value is -0.530. The number of fused-ring (bicyclic) bond motifs is 3. The van der Waals surface area contributed by atoms with Crippen molar-refractivity contribution < 1.29 is 4.79 Å². The molecule has 3 rings (SSSR count). The zero-order valence-corrected chi connectivity index (χ0v) is 8.05. The van der Waals surface area contributed by atoms with E-state index in [1.807, 2.05) is 0 Å². The molecule has 3 fully saturated rings. The number of amides is 1. The molecule has 1 N–H and O–H groups in total. The van der Waals surface area contributed by atoms with Gasteiger partial charge in [0.2, 0.25) is 5.91 Å². The Balaban J connectivity index is 2.23. The smallest absolute Gasteiger partial charge is 0.220 e. The van der Waals surface area contributed by atoms with Crippen LogP contribution in [-0.2, 0) is 4.79 Å². The minimum atomic E-state index is 0.251. The molecule has 0 spiro atoms. The Bertz CT molecular complexity index is 222. The minimum Gasteiger partial charge on any atom is -0.353 e. The van der Waals surface area contributed by atoms with Crippen LogP contribution in [0.3, 0.4) is 0 Å². The fourth-order valence-corrected chi connectivity index (χ4v) is 2.89. The highest BCUT2D eigenvalue weighted by molar-refractivity contribution is 5.77. The van der Waals surface area contributed by atoms with E-state index in [0.29, 0.717) is 23.3 Å². The van der Waals surface area contributed by atoms with E-state index in [2.05, 4.69) is 26.1 Å². The van der Waals surface area contributed by atoms with Gasteiger partial charge in [0.05, 0.1) is 0 Å². The maximum absolute atomic E-state index is 11.3. The predicted octanol–water partition coefficient (Wildman–Crippen LogP) is 1.56. The van der Waals surface area contributed by atoms with E-state index in [-0.39, 0.29) is 5.91 Å². The van der Waals surface area contributed by atoms with Crippen LogP contribution >= 0.6 is 0 Å². The van der Waals surface area contributed by atoms with Gasteiger partial charge in [-0.25, -0.2) is 0 Å². The van der Waals surface area contributed by atoms with Gasteiger partial charge in [0.25, 0.3) is 0 Å². The van der Waals surface area contributed by atoms with E-state index >= 15 is 0 Å². The van der Waals surface area contributed by atoms with E-state index in [1.165, 1.54) is 6.42 Å². The summed E-state index contributed by atoms with van der Waals surface area (Å²) in [7, 11) is 0. The highest BCUT2D eigenvalue weighted by Crippen LogP contribution is 2.55. The Morgan fingerprint density at radius 1 is 1.50 bits per heavy atom. The Morgan fingerprint density at radius 3 is 2.75 bits per heavy atom. The van der Waals surface area contributed by atoms with E-state index in [9.17, 15) is 4.79 Å². The molecule has 0 aromatic rings. The largest absolute Gasteiger partial charge is 0.353 e. The first-order valence-corrected chi connectivity index (χ1v) is 4.81. The third-order valence-electron chi connectivity index (χ3n) is 3.97. The number of carbonyl (C=O) groups excluding carboxylic acids is 1. The fraction of sp³-hybridized carbons (Fsp3) is 0.900. The lowest BCUT2D eigenvalue weighted by Gasteiger charge is -2.52. The predicted molar refractivity (Wildman–Crippen MR) is 47.6 cm³/mol. The topological polar surface area (TPSA) is 29.1 Å². The summed E-state index contributed by atoms with van der Waals surface area (Å²) in [5.41, 5.74) is 0.387. The number of hydrogen-bond donors (Lipinski definition) is 1. The van der Waals surface area contributed by atoms with Crippen LogP contribution < -0.4 is 5.32 Å². The first kappa shape index (κ1) is 8.09. The molecule has 0 radical (unpaired) electrons. The monoisotopic (exact) mass is 167 g/mol. The molecule has 0 aromatic heterocycles. The molecule has 2 nitrogen and oxygen atoms in total. The van der Waals surface area contributed by atoms with Crippen LogP contribution in [0.5, 0.6) is 0 Å². The van der Waals surface area contributed by atoms with Gasteiger partial charge in [0, 0.05) is 12.5 Å². The highest BCUT2D eigenvalue weighted by atomic mass is 16.1. The first-order valence-electron chi connectivity index (χ1n) is 4.81. The van der Waals surface area contributed by atoms with Crippen molar-refractivity contribution in [1.29, 1.82) is 0 Å². The maximum Gasteiger partial charge on any atom is 0.220 e. The van der Waals surface area contributed by atoms with Gasteiger partial charge in [-0.3, -0.25) is 4.79 Å². The van der Waals surface area contributed by atoms with Crippen LogP contribution in [0.25, 0.3) is 0 Å². The molecule has 3 atom stereocenters. The average Bonchev–Trinajstić information content (AvgIpc) is 2.14. The van der Waals surface area contributed by atoms with E-state index in [1.54, 1.807) is 0 Å². The molecule has 1 aliphatic carbocycles. The molecule has 2 saturated heterocycles. The standard InChI is InChI=1S/C10H17NO/c1-6-8-4-7(10(8,2)3)5-9(12)11-6/h6-8H,4-5H2,1-3H3,(H,11,12)/t6-,7+,8-/m0/s1. The summed E-state index contributed by atoms with van der Waals surface area (Å²) < 4.78 is 0. The van der Waals surface area contributed by atoms with Crippen LogP contribution in [0.15, 0.2) is 0 Å². The van der Waals surface area contributed by atoms with Gasteiger partial charge < -0.3 is 5.32 Å². The van der Waals surface area contributed by atoms with Crippen molar-refractivity contribution >= 4 is 5.91 Å². The van der Waals surface area contributed by atoms with Crippen molar-refractivity contribution in [3.05, 3.63) is 0 Å². The number of hydrogen-bond acceptors (Lipinski definition) is 1. The van der Waals surface area contributed by atoms with Crippen molar-refractivity contribution in [2.45, 2.75) is 39.7 Å². The zero-order chi connectivity index (χ0) is 8.93. The zero-order valence-electron chi connectivity index (χ0n) is 8.05. The van der Waals surface area contributed by atoms with Gasteiger partial charge >= 0.3 is 0 Å². The molecule has 3 aliphatic rings. The normalized spacial score (nSPS) is 44.2. The molecule has 2 heterocycles. The van der Waals surface area contributed by atoms with E-state index in [0.717, 1.165) is 6.42 Å².